The Morgan fingerprint density at radius 3 is 2.88 bits per heavy atom. The number of aromatic nitrogens is 1. The Morgan fingerprint density at radius 1 is 1.38 bits per heavy atom. The van der Waals surface area contributed by atoms with Crippen molar-refractivity contribution < 1.29 is 0 Å². The van der Waals surface area contributed by atoms with Gasteiger partial charge in [0.1, 0.15) is 0 Å². The molecule has 0 saturated heterocycles. The normalized spacial score (nSPS) is 11.9. The molecule has 2 N–H and O–H groups in total. The maximum Gasteiger partial charge on any atom is 0.0220 e. The van der Waals surface area contributed by atoms with Crippen molar-refractivity contribution in [3.05, 3.63) is 46.4 Å². The largest absolute Gasteiger partial charge is 0.367 e. The van der Waals surface area contributed by atoms with E-state index >= 15 is 0 Å². The van der Waals surface area contributed by atoms with E-state index in [4.69, 9.17) is 0 Å². The molecule has 16 heavy (non-hydrogen) atoms. The molecule has 86 valence electrons. The predicted octanol–water partition coefficient (Wildman–Crippen LogP) is 3.14. The average molecular weight is 234 g/mol. The van der Waals surface area contributed by atoms with E-state index in [0.717, 1.165) is 13.1 Å². The fourth-order valence-corrected chi connectivity index (χ4v) is 2.59. The minimum atomic E-state index is 0.213. The van der Waals surface area contributed by atoms with E-state index in [0.29, 0.717) is 0 Å². The number of H-pyrrole nitrogens is 1. The van der Waals surface area contributed by atoms with E-state index in [1.807, 2.05) is 23.7 Å². The van der Waals surface area contributed by atoms with E-state index in [2.05, 4.69) is 47.7 Å². The van der Waals surface area contributed by atoms with Gasteiger partial charge in [-0.05, 0) is 23.1 Å². The first-order valence-electron chi connectivity index (χ1n) is 5.55. The summed E-state index contributed by atoms with van der Waals surface area (Å²) in [6, 6.07) is 6.43. The minimum Gasteiger partial charge on any atom is -0.367 e. The fourth-order valence-electron chi connectivity index (χ4n) is 1.74. The first-order chi connectivity index (χ1) is 7.68. The molecule has 2 aromatic rings. The molecule has 0 atom stereocenters. The van der Waals surface area contributed by atoms with E-state index < -0.39 is 0 Å². The highest BCUT2D eigenvalue weighted by Crippen LogP contribution is 2.26. The van der Waals surface area contributed by atoms with Crippen molar-refractivity contribution in [2.75, 3.05) is 6.54 Å². The SMILES string of the molecule is CC(C)(CNCc1cc[nH]c1)c1cccs1. The molecule has 0 spiro atoms. The second-order valence-electron chi connectivity index (χ2n) is 4.68. The summed E-state index contributed by atoms with van der Waals surface area (Å²) >= 11 is 1.83. The smallest absolute Gasteiger partial charge is 0.0220 e. The molecule has 0 saturated carbocycles. The minimum absolute atomic E-state index is 0.213. The highest BCUT2D eigenvalue weighted by Gasteiger charge is 2.20. The van der Waals surface area contributed by atoms with Gasteiger partial charge in [-0.1, -0.05) is 19.9 Å². The van der Waals surface area contributed by atoms with Crippen molar-refractivity contribution in [1.82, 2.24) is 10.3 Å². The molecule has 0 fully saturated rings. The first-order valence-corrected chi connectivity index (χ1v) is 6.43. The Morgan fingerprint density at radius 2 is 2.25 bits per heavy atom. The van der Waals surface area contributed by atoms with Crippen molar-refractivity contribution in [2.24, 2.45) is 0 Å². The van der Waals surface area contributed by atoms with Crippen LogP contribution in [0.2, 0.25) is 0 Å². The van der Waals surface area contributed by atoms with Gasteiger partial charge in [-0.15, -0.1) is 11.3 Å². The third kappa shape index (κ3) is 2.74. The number of hydrogen-bond donors (Lipinski definition) is 2. The van der Waals surface area contributed by atoms with Gasteiger partial charge in [0, 0.05) is 35.8 Å². The van der Waals surface area contributed by atoms with Crippen LogP contribution in [0.5, 0.6) is 0 Å². The van der Waals surface area contributed by atoms with Gasteiger partial charge in [0.25, 0.3) is 0 Å². The summed E-state index contributed by atoms with van der Waals surface area (Å²) in [7, 11) is 0. The zero-order valence-corrected chi connectivity index (χ0v) is 10.6. The van der Waals surface area contributed by atoms with E-state index in [9.17, 15) is 0 Å². The van der Waals surface area contributed by atoms with Crippen molar-refractivity contribution in [3.63, 3.8) is 0 Å². The lowest BCUT2D eigenvalue weighted by Crippen LogP contribution is -2.31. The number of rotatable bonds is 5. The lowest BCUT2D eigenvalue weighted by Gasteiger charge is -2.23. The molecule has 0 unspecified atom stereocenters. The van der Waals surface area contributed by atoms with Crippen molar-refractivity contribution in [3.8, 4) is 0 Å². The monoisotopic (exact) mass is 234 g/mol. The average Bonchev–Trinajstić information content (AvgIpc) is 2.90. The Labute approximate surface area is 101 Å². The van der Waals surface area contributed by atoms with Crippen LogP contribution in [0.25, 0.3) is 0 Å². The van der Waals surface area contributed by atoms with Crippen LogP contribution in [0.4, 0.5) is 0 Å². The second-order valence-corrected chi connectivity index (χ2v) is 5.63. The molecular weight excluding hydrogens is 216 g/mol. The lowest BCUT2D eigenvalue weighted by atomic mass is 9.91. The van der Waals surface area contributed by atoms with Gasteiger partial charge in [0.15, 0.2) is 0 Å². The Balaban J connectivity index is 1.85. The topological polar surface area (TPSA) is 27.8 Å². The Bertz CT molecular complexity index is 401. The zero-order valence-electron chi connectivity index (χ0n) is 9.79. The van der Waals surface area contributed by atoms with Gasteiger partial charge in [0.05, 0.1) is 0 Å². The summed E-state index contributed by atoms with van der Waals surface area (Å²) in [4.78, 5) is 4.51. The quantitative estimate of drug-likeness (QED) is 0.817. The Kier molecular flexibility index (Phi) is 3.46. The van der Waals surface area contributed by atoms with Crippen molar-refractivity contribution in [2.45, 2.75) is 25.8 Å². The maximum absolute atomic E-state index is 3.50. The van der Waals surface area contributed by atoms with E-state index in [1.54, 1.807) is 0 Å². The molecule has 0 aliphatic rings. The molecule has 2 heterocycles. The van der Waals surface area contributed by atoms with Crippen LogP contribution in [0.15, 0.2) is 36.0 Å². The molecule has 0 aromatic carbocycles. The lowest BCUT2D eigenvalue weighted by molar-refractivity contribution is 0.477. The third-order valence-corrected chi connectivity index (χ3v) is 3.98. The maximum atomic E-state index is 3.50. The summed E-state index contributed by atoms with van der Waals surface area (Å²) in [6.45, 7) is 6.49. The molecule has 0 radical (unpaired) electrons. The summed E-state index contributed by atoms with van der Waals surface area (Å²) in [6.07, 6.45) is 3.99. The first kappa shape index (κ1) is 11.4. The van der Waals surface area contributed by atoms with Crippen molar-refractivity contribution in [1.29, 1.82) is 0 Å². The molecule has 2 nitrogen and oxygen atoms in total. The van der Waals surface area contributed by atoms with Crippen molar-refractivity contribution >= 4 is 11.3 Å². The number of thiophene rings is 1. The number of aromatic amines is 1. The van der Waals surface area contributed by atoms with E-state index in [-0.39, 0.29) is 5.41 Å². The third-order valence-electron chi connectivity index (χ3n) is 2.75. The summed E-state index contributed by atoms with van der Waals surface area (Å²) in [5, 5.41) is 5.65. The van der Waals surface area contributed by atoms with Crippen LogP contribution in [-0.4, -0.2) is 11.5 Å². The predicted molar refractivity (Wildman–Crippen MR) is 69.8 cm³/mol. The van der Waals surface area contributed by atoms with Crippen LogP contribution in [0.1, 0.15) is 24.3 Å². The van der Waals surface area contributed by atoms with Crippen LogP contribution in [-0.2, 0) is 12.0 Å². The van der Waals surface area contributed by atoms with E-state index in [1.165, 1.54) is 10.4 Å². The van der Waals surface area contributed by atoms with Gasteiger partial charge in [-0.2, -0.15) is 0 Å². The summed E-state index contributed by atoms with van der Waals surface area (Å²) in [5.41, 5.74) is 1.52. The van der Waals surface area contributed by atoms with Gasteiger partial charge >= 0.3 is 0 Å². The van der Waals surface area contributed by atoms with Gasteiger partial charge in [0.2, 0.25) is 0 Å². The zero-order chi connectivity index (χ0) is 11.4. The molecular formula is C13H18N2S. The fraction of sp³-hybridized carbons (Fsp3) is 0.385. The standard InChI is InChI=1S/C13H18N2S/c1-13(2,12-4-3-7-16-12)10-15-9-11-5-6-14-8-11/h3-8,14-15H,9-10H2,1-2H3. The molecule has 0 bridgehead atoms. The van der Waals surface area contributed by atoms with Gasteiger partial charge in [-0.25, -0.2) is 0 Å². The van der Waals surface area contributed by atoms with Crippen LogP contribution in [0.3, 0.4) is 0 Å². The number of nitrogens with one attached hydrogen (secondary N) is 2. The Hall–Kier alpha value is -1.06. The summed E-state index contributed by atoms with van der Waals surface area (Å²) in [5.74, 6) is 0. The second kappa shape index (κ2) is 4.85. The molecule has 2 rings (SSSR count). The highest BCUT2D eigenvalue weighted by molar-refractivity contribution is 7.10. The van der Waals surface area contributed by atoms with Gasteiger partial charge < -0.3 is 10.3 Å². The molecule has 0 aliphatic carbocycles. The molecule has 2 aromatic heterocycles. The highest BCUT2D eigenvalue weighted by atomic mass is 32.1. The molecule has 3 heteroatoms. The van der Waals surface area contributed by atoms with Gasteiger partial charge in [-0.3, -0.25) is 0 Å². The van der Waals surface area contributed by atoms with Crippen LogP contribution >= 0.6 is 11.3 Å². The molecule has 0 amide bonds. The molecule has 0 aliphatic heterocycles. The van der Waals surface area contributed by atoms with Crippen LogP contribution < -0.4 is 5.32 Å². The van der Waals surface area contributed by atoms with Crippen LogP contribution in [0, 0.1) is 0 Å². The summed E-state index contributed by atoms with van der Waals surface area (Å²) < 4.78 is 0. The number of hydrogen-bond acceptors (Lipinski definition) is 2.